The van der Waals surface area contributed by atoms with Gasteiger partial charge in [-0.05, 0) is 53.6 Å². The van der Waals surface area contributed by atoms with Crippen molar-refractivity contribution >= 4 is 23.2 Å². The molecule has 0 unspecified atom stereocenters. The van der Waals surface area contributed by atoms with Crippen LogP contribution in [0.3, 0.4) is 0 Å². The topological polar surface area (TPSA) is 56.1 Å². The molecule has 0 spiro atoms. The van der Waals surface area contributed by atoms with Crippen molar-refractivity contribution in [1.29, 1.82) is 5.26 Å². The minimum atomic E-state index is -0.494. The molecule has 0 aliphatic heterocycles. The van der Waals surface area contributed by atoms with Crippen molar-refractivity contribution in [2.75, 3.05) is 11.9 Å². The van der Waals surface area contributed by atoms with Crippen LogP contribution in [0.4, 0.5) is 14.5 Å². The number of carbonyl (C=O) groups is 1. The summed E-state index contributed by atoms with van der Waals surface area (Å²) in [6.45, 7) is 0.749. The third-order valence-electron chi connectivity index (χ3n) is 4.36. The predicted molar refractivity (Wildman–Crippen MR) is 112 cm³/mol. The van der Waals surface area contributed by atoms with Crippen LogP contribution in [0, 0.1) is 23.0 Å². The van der Waals surface area contributed by atoms with Gasteiger partial charge in [0.15, 0.2) is 0 Å². The molecule has 0 saturated heterocycles. The number of halogens is 3. The van der Waals surface area contributed by atoms with Crippen LogP contribution in [0.25, 0.3) is 0 Å². The maximum Gasteiger partial charge on any atom is 0.238 e. The van der Waals surface area contributed by atoms with Gasteiger partial charge in [-0.25, -0.2) is 8.78 Å². The molecule has 0 radical (unpaired) electrons. The Kier molecular flexibility index (Phi) is 7.12. The molecule has 3 aromatic carbocycles. The first-order chi connectivity index (χ1) is 14.4. The monoisotopic (exact) mass is 425 g/mol. The van der Waals surface area contributed by atoms with E-state index in [0.717, 1.165) is 17.2 Å². The summed E-state index contributed by atoms with van der Waals surface area (Å²) in [6.07, 6.45) is 0. The van der Waals surface area contributed by atoms with E-state index in [1.54, 1.807) is 24.3 Å². The van der Waals surface area contributed by atoms with Gasteiger partial charge < -0.3 is 5.32 Å². The Labute approximate surface area is 178 Å². The zero-order valence-electron chi connectivity index (χ0n) is 15.9. The fourth-order valence-electron chi connectivity index (χ4n) is 2.99. The van der Waals surface area contributed by atoms with Gasteiger partial charge >= 0.3 is 0 Å². The number of anilines is 1. The van der Waals surface area contributed by atoms with Crippen LogP contribution in [0.5, 0.6) is 0 Å². The zero-order chi connectivity index (χ0) is 21.5. The molecule has 1 amide bonds. The molecular weight excluding hydrogens is 408 g/mol. The van der Waals surface area contributed by atoms with Crippen molar-refractivity contribution in [3.8, 4) is 6.07 Å². The summed E-state index contributed by atoms with van der Waals surface area (Å²) in [5.41, 5.74) is 2.47. The summed E-state index contributed by atoms with van der Waals surface area (Å²) in [5, 5.41) is 11.7. The molecule has 0 heterocycles. The van der Waals surface area contributed by atoms with Gasteiger partial charge in [0.1, 0.15) is 11.6 Å². The maximum absolute atomic E-state index is 13.6. The van der Waals surface area contributed by atoms with E-state index >= 15 is 0 Å². The van der Waals surface area contributed by atoms with Gasteiger partial charge in [-0.2, -0.15) is 5.26 Å². The second-order valence-electron chi connectivity index (χ2n) is 6.76. The van der Waals surface area contributed by atoms with Crippen LogP contribution in [-0.2, 0) is 17.9 Å². The van der Waals surface area contributed by atoms with E-state index in [9.17, 15) is 13.6 Å². The molecule has 4 nitrogen and oxygen atoms in total. The summed E-state index contributed by atoms with van der Waals surface area (Å²) >= 11 is 5.98. The quantitative estimate of drug-likeness (QED) is 0.571. The van der Waals surface area contributed by atoms with Crippen LogP contribution in [-0.4, -0.2) is 17.4 Å². The lowest BCUT2D eigenvalue weighted by atomic mass is 10.1. The number of nitrogens with one attached hydrogen (secondary N) is 1. The Morgan fingerprint density at radius 3 is 2.33 bits per heavy atom. The van der Waals surface area contributed by atoms with Crippen molar-refractivity contribution < 1.29 is 13.6 Å². The smallest absolute Gasteiger partial charge is 0.238 e. The molecule has 0 bridgehead atoms. The lowest BCUT2D eigenvalue weighted by Crippen LogP contribution is -2.32. The van der Waals surface area contributed by atoms with Crippen molar-refractivity contribution in [2.45, 2.75) is 13.1 Å². The molecule has 1 N–H and O–H groups in total. The largest absolute Gasteiger partial charge is 0.324 e. The van der Waals surface area contributed by atoms with Crippen molar-refractivity contribution in [3.05, 3.63) is 100 Å². The Balaban J connectivity index is 1.75. The molecule has 3 aromatic rings. The third kappa shape index (κ3) is 6.11. The molecule has 7 heteroatoms. The summed E-state index contributed by atoms with van der Waals surface area (Å²) in [6, 6.07) is 19.0. The molecule has 0 fully saturated rings. The molecule has 0 aromatic heterocycles. The minimum absolute atomic E-state index is 0.00419. The first-order valence-corrected chi connectivity index (χ1v) is 9.51. The minimum Gasteiger partial charge on any atom is -0.324 e. The van der Waals surface area contributed by atoms with E-state index in [4.69, 9.17) is 16.9 Å². The van der Waals surface area contributed by atoms with Crippen molar-refractivity contribution in [2.24, 2.45) is 0 Å². The number of nitriles is 1. The summed E-state index contributed by atoms with van der Waals surface area (Å²) < 4.78 is 26.8. The van der Waals surface area contributed by atoms with Crippen LogP contribution in [0.2, 0.25) is 5.02 Å². The van der Waals surface area contributed by atoms with E-state index in [-0.39, 0.29) is 23.3 Å². The highest BCUT2D eigenvalue weighted by atomic mass is 35.5. The van der Waals surface area contributed by atoms with E-state index in [1.165, 1.54) is 24.3 Å². The number of nitrogens with zero attached hydrogens (tertiary/aromatic N) is 2. The van der Waals surface area contributed by atoms with E-state index < -0.39 is 5.82 Å². The fourth-order valence-corrected chi connectivity index (χ4v) is 3.20. The number of rotatable bonds is 7. The average molecular weight is 426 g/mol. The van der Waals surface area contributed by atoms with Gasteiger partial charge in [0, 0.05) is 13.1 Å². The van der Waals surface area contributed by atoms with Gasteiger partial charge in [-0.3, -0.25) is 9.69 Å². The predicted octanol–water partition coefficient (Wildman–Crippen LogP) is 5.13. The molecule has 3 rings (SSSR count). The second kappa shape index (κ2) is 9.97. The van der Waals surface area contributed by atoms with Crippen molar-refractivity contribution in [1.82, 2.24) is 4.90 Å². The van der Waals surface area contributed by atoms with Crippen LogP contribution >= 0.6 is 11.6 Å². The SMILES string of the molecule is N#Cc1ccc(CN(CC(=O)Nc2ccc(F)cc2Cl)Cc2cccc(F)c2)cc1. The van der Waals surface area contributed by atoms with Crippen molar-refractivity contribution in [3.63, 3.8) is 0 Å². The maximum atomic E-state index is 13.6. The Hall–Kier alpha value is -3.27. The van der Waals surface area contributed by atoms with E-state index in [0.29, 0.717) is 24.3 Å². The Morgan fingerprint density at radius 1 is 0.967 bits per heavy atom. The van der Waals surface area contributed by atoms with Gasteiger partial charge in [0.25, 0.3) is 0 Å². The number of carbonyl (C=O) groups excluding carboxylic acids is 1. The van der Waals surface area contributed by atoms with E-state index in [1.807, 2.05) is 17.0 Å². The van der Waals surface area contributed by atoms with Crippen LogP contribution in [0.15, 0.2) is 66.7 Å². The number of benzene rings is 3. The Bertz CT molecular complexity index is 1080. The summed E-state index contributed by atoms with van der Waals surface area (Å²) in [7, 11) is 0. The fraction of sp³-hybridized carbons (Fsp3) is 0.130. The zero-order valence-corrected chi connectivity index (χ0v) is 16.7. The molecule has 0 aliphatic rings. The molecule has 152 valence electrons. The molecular formula is C23H18ClF2N3O. The molecule has 0 atom stereocenters. The number of amides is 1. The highest BCUT2D eigenvalue weighted by Crippen LogP contribution is 2.22. The van der Waals surface area contributed by atoms with Crippen LogP contribution < -0.4 is 5.32 Å². The highest BCUT2D eigenvalue weighted by Gasteiger charge is 2.14. The van der Waals surface area contributed by atoms with Crippen LogP contribution in [0.1, 0.15) is 16.7 Å². The lowest BCUT2D eigenvalue weighted by Gasteiger charge is -2.22. The number of hydrogen-bond acceptors (Lipinski definition) is 3. The highest BCUT2D eigenvalue weighted by molar-refractivity contribution is 6.33. The molecule has 0 aliphatic carbocycles. The lowest BCUT2D eigenvalue weighted by molar-refractivity contribution is -0.117. The second-order valence-corrected chi connectivity index (χ2v) is 7.16. The summed E-state index contributed by atoms with van der Waals surface area (Å²) in [4.78, 5) is 14.4. The Morgan fingerprint density at radius 2 is 1.67 bits per heavy atom. The average Bonchev–Trinajstić information content (AvgIpc) is 2.70. The van der Waals surface area contributed by atoms with Gasteiger partial charge in [-0.15, -0.1) is 0 Å². The molecule has 0 saturated carbocycles. The standard InChI is InChI=1S/C23H18ClF2N3O/c24-21-11-20(26)8-9-22(21)28-23(30)15-29(14-18-2-1-3-19(25)10-18)13-17-6-4-16(12-27)5-7-17/h1-11H,13-15H2,(H,28,30). The normalized spacial score (nSPS) is 10.6. The van der Waals surface area contributed by atoms with Gasteiger partial charge in [0.05, 0.1) is 28.9 Å². The number of hydrogen-bond donors (Lipinski definition) is 1. The van der Waals surface area contributed by atoms with Gasteiger partial charge in [0.2, 0.25) is 5.91 Å². The summed E-state index contributed by atoms with van der Waals surface area (Å²) in [5.74, 6) is -1.19. The molecule has 30 heavy (non-hydrogen) atoms. The first kappa shape index (κ1) is 21.4. The van der Waals surface area contributed by atoms with Gasteiger partial charge in [-0.1, -0.05) is 35.9 Å². The first-order valence-electron chi connectivity index (χ1n) is 9.13. The van der Waals surface area contributed by atoms with E-state index in [2.05, 4.69) is 11.4 Å². The third-order valence-corrected chi connectivity index (χ3v) is 4.67.